The first-order valence-corrected chi connectivity index (χ1v) is 10.9. The maximum atomic E-state index is 12.8. The van der Waals surface area contributed by atoms with Crippen molar-refractivity contribution in [1.29, 1.82) is 0 Å². The van der Waals surface area contributed by atoms with E-state index in [-0.39, 0.29) is 24.7 Å². The van der Waals surface area contributed by atoms with Gasteiger partial charge in [-0.15, -0.1) is 0 Å². The van der Waals surface area contributed by atoms with Crippen LogP contribution in [0.5, 0.6) is 0 Å². The number of nitrogens with zero attached hydrogens (tertiary/aromatic N) is 1. The average molecular weight is 425 g/mol. The van der Waals surface area contributed by atoms with E-state index in [1.165, 1.54) is 0 Å². The number of rotatable bonds is 8. The number of ether oxygens (including phenoxy) is 2. The maximum Gasteiger partial charge on any atom is 0.328 e. The molecule has 1 saturated heterocycles. The molecule has 2 aromatic carbocycles. The highest BCUT2D eigenvalue weighted by atomic mass is 16.5. The van der Waals surface area contributed by atoms with Crippen molar-refractivity contribution in [3.63, 3.8) is 0 Å². The van der Waals surface area contributed by atoms with Crippen LogP contribution in [-0.2, 0) is 27.2 Å². The Morgan fingerprint density at radius 3 is 2.29 bits per heavy atom. The van der Waals surface area contributed by atoms with Crippen LogP contribution in [0.3, 0.4) is 0 Å². The lowest BCUT2D eigenvalue weighted by Crippen LogP contribution is -2.44. The van der Waals surface area contributed by atoms with Crippen molar-refractivity contribution < 1.29 is 19.1 Å². The third-order valence-electron chi connectivity index (χ3n) is 5.28. The number of carbonyl (C=O) groups excluding carboxylic acids is 2. The lowest BCUT2D eigenvalue weighted by Gasteiger charge is -2.35. The van der Waals surface area contributed by atoms with E-state index in [0.29, 0.717) is 12.0 Å². The summed E-state index contributed by atoms with van der Waals surface area (Å²) in [5, 5.41) is 2.84. The first-order valence-electron chi connectivity index (χ1n) is 10.9. The molecule has 1 heterocycles. The Balaban J connectivity index is 1.62. The fourth-order valence-electron chi connectivity index (χ4n) is 3.96. The van der Waals surface area contributed by atoms with Gasteiger partial charge in [-0.2, -0.15) is 0 Å². The molecule has 166 valence electrons. The Morgan fingerprint density at radius 1 is 1.03 bits per heavy atom. The molecule has 1 aliphatic heterocycles. The van der Waals surface area contributed by atoms with E-state index in [9.17, 15) is 9.59 Å². The number of benzene rings is 2. The van der Waals surface area contributed by atoms with Gasteiger partial charge in [0.15, 0.2) is 0 Å². The molecule has 3 atom stereocenters. The van der Waals surface area contributed by atoms with E-state index < -0.39 is 12.0 Å². The highest BCUT2D eigenvalue weighted by molar-refractivity contribution is 5.96. The van der Waals surface area contributed by atoms with Gasteiger partial charge in [0.2, 0.25) is 0 Å². The third-order valence-corrected chi connectivity index (χ3v) is 5.28. The number of esters is 1. The Labute approximate surface area is 184 Å². The molecule has 1 fully saturated rings. The molecule has 1 N–H and O–H groups in total. The summed E-state index contributed by atoms with van der Waals surface area (Å²) in [6.07, 6.45) is 0.827. The molecule has 0 spiro atoms. The van der Waals surface area contributed by atoms with Crippen molar-refractivity contribution in [2.24, 2.45) is 0 Å². The van der Waals surface area contributed by atoms with Gasteiger partial charge < -0.3 is 14.8 Å². The van der Waals surface area contributed by atoms with Gasteiger partial charge in [0.05, 0.1) is 18.8 Å². The van der Waals surface area contributed by atoms with E-state index in [0.717, 1.165) is 30.8 Å². The van der Waals surface area contributed by atoms with Crippen LogP contribution < -0.4 is 5.32 Å². The molecule has 1 amide bonds. The van der Waals surface area contributed by atoms with Crippen LogP contribution in [0.15, 0.2) is 54.6 Å². The summed E-state index contributed by atoms with van der Waals surface area (Å²) in [5.41, 5.74) is 2.63. The molecule has 1 aliphatic rings. The van der Waals surface area contributed by atoms with Gasteiger partial charge in [0.1, 0.15) is 6.04 Å². The fourth-order valence-corrected chi connectivity index (χ4v) is 3.96. The van der Waals surface area contributed by atoms with Gasteiger partial charge in [0, 0.05) is 31.6 Å². The quantitative estimate of drug-likeness (QED) is 0.659. The number of morpholine rings is 1. The molecule has 0 aromatic heterocycles. The van der Waals surface area contributed by atoms with Crippen molar-refractivity contribution in [3.8, 4) is 0 Å². The van der Waals surface area contributed by atoms with Crippen LogP contribution in [0.1, 0.15) is 42.3 Å². The number of hydrogen-bond acceptors (Lipinski definition) is 5. The Hall–Kier alpha value is -2.70. The Bertz CT molecular complexity index is 844. The minimum atomic E-state index is -0.731. The molecule has 6 heteroatoms. The number of nitrogens with one attached hydrogen (secondary N) is 1. The van der Waals surface area contributed by atoms with Gasteiger partial charge in [-0.1, -0.05) is 42.5 Å². The molecule has 6 nitrogen and oxygen atoms in total. The SMILES string of the molecule is CCOC(=O)C(Cc1ccccc1)NC(=O)c1ccc(CN2CC(C)OC(C)C2)cc1. The summed E-state index contributed by atoms with van der Waals surface area (Å²) in [6, 6.07) is 16.4. The molecule has 2 aromatic rings. The van der Waals surface area contributed by atoms with Crippen molar-refractivity contribution in [1.82, 2.24) is 10.2 Å². The molecule has 3 rings (SSSR count). The topological polar surface area (TPSA) is 67.9 Å². The van der Waals surface area contributed by atoms with Crippen LogP contribution in [-0.4, -0.2) is 54.7 Å². The molecule has 0 bridgehead atoms. The smallest absolute Gasteiger partial charge is 0.328 e. The van der Waals surface area contributed by atoms with E-state index in [1.54, 1.807) is 6.92 Å². The van der Waals surface area contributed by atoms with Gasteiger partial charge in [-0.3, -0.25) is 9.69 Å². The Kier molecular flexibility index (Phi) is 8.20. The average Bonchev–Trinajstić information content (AvgIpc) is 2.74. The van der Waals surface area contributed by atoms with Gasteiger partial charge in [-0.05, 0) is 44.0 Å². The second-order valence-electron chi connectivity index (χ2n) is 8.12. The molecule has 0 radical (unpaired) electrons. The second kappa shape index (κ2) is 11.1. The summed E-state index contributed by atoms with van der Waals surface area (Å²) in [6.45, 7) is 8.82. The summed E-state index contributed by atoms with van der Waals surface area (Å²) in [5.74, 6) is -0.707. The third kappa shape index (κ3) is 6.91. The standard InChI is InChI=1S/C25H32N2O4/c1-4-30-25(29)23(14-20-8-6-5-7-9-20)26-24(28)22-12-10-21(11-13-22)17-27-15-18(2)31-19(3)16-27/h5-13,18-19,23H,4,14-17H2,1-3H3,(H,26,28). The number of amides is 1. The monoisotopic (exact) mass is 424 g/mol. The Morgan fingerprint density at radius 2 is 1.68 bits per heavy atom. The molecular formula is C25H32N2O4. The predicted molar refractivity (Wildman–Crippen MR) is 120 cm³/mol. The first-order chi connectivity index (χ1) is 14.9. The van der Waals surface area contributed by atoms with E-state index in [2.05, 4.69) is 24.1 Å². The first kappa shape index (κ1) is 23.0. The van der Waals surface area contributed by atoms with Gasteiger partial charge in [-0.25, -0.2) is 4.79 Å². The van der Waals surface area contributed by atoms with Crippen molar-refractivity contribution in [2.75, 3.05) is 19.7 Å². The maximum absolute atomic E-state index is 12.8. The highest BCUT2D eigenvalue weighted by Gasteiger charge is 2.24. The van der Waals surface area contributed by atoms with E-state index >= 15 is 0 Å². The van der Waals surface area contributed by atoms with E-state index in [4.69, 9.17) is 9.47 Å². The van der Waals surface area contributed by atoms with Crippen molar-refractivity contribution in [2.45, 2.75) is 52.0 Å². The van der Waals surface area contributed by atoms with Crippen LogP contribution in [0.25, 0.3) is 0 Å². The predicted octanol–water partition coefficient (Wildman–Crippen LogP) is 3.20. The molecular weight excluding hydrogens is 392 g/mol. The zero-order valence-electron chi connectivity index (χ0n) is 18.5. The minimum Gasteiger partial charge on any atom is -0.464 e. The van der Waals surface area contributed by atoms with Crippen LogP contribution in [0.4, 0.5) is 0 Å². The lowest BCUT2D eigenvalue weighted by atomic mass is 10.0. The lowest BCUT2D eigenvalue weighted by molar-refractivity contribution is -0.145. The number of hydrogen-bond donors (Lipinski definition) is 1. The fraction of sp³-hybridized carbons (Fsp3) is 0.440. The highest BCUT2D eigenvalue weighted by Crippen LogP contribution is 2.15. The zero-order valence-corrected chi connectivity index (χ0v) is 18.5. The van der Waals surface area contributed by atoms with Gasteiger partial charge in [0.25, 0.3) is 5.91 Å². The van der Waals surface area contributed by atoms with Crippen LogP contribution in [0.2, 0.25) is 0 Å². The van der Waals surface area contributed by atoms with Crippen LogP contribution in [0, 0.1) is 0 Å². The van der Waals surface area contributed by atoms with Crippen LogP contribution >= 0.6 is 0 Å². The van der Waals surface area contributed by atoms with Crippen molar-refractivity contribution in [3.05, 3.63) is 71.3 Å². The minimum absolute atomic E-state index is 0.221. The molecule has 0 aliphatic carbocycles. The summed E-state index contributed by atoms with van der Waals surface area (Å²) in [4.78, 5) is 27.6. The largest absolute Gasteiger partial charge is 0.464 e. The van der Waals surface area contributed by atoms with Gasteiger partial charge >= 0.3 is 5.97 Å². The second-order valence-corrected chi connectivity index (χ2v) is 8.12. The molecule has 0 saturated carbocycles. The number of carbonyl (C=O) groups is 2. The molecule has 3 unspecified atom stereocenters. The van der Waals surface area contributed by atoms with E-state index in [1.807, 2.05) is 54.6 Å². The molecule has 31 heavy (non-hydrogen) atoms. The summed E-state index contributed by atoms with van der Waals surface area (Å²) >= 11 is 0. The summed E-state index contributed by atoms with van der Waals surface area (Å²) < 4.78 is 11.0. The van der Waals surface area contributed by atoms with Crippen molar-refractivity contribution >= 4 is 11.9 Å². The zero-order chi connectivity index (χ0) is 22.2. The summed E-state index contributed by atoms with van der Waals surface area (Å²) in [7, 11) is 0. The normalized spacial score (nSPS) is 20.1.